The zero-order valence-corrected chi connectivity index (χ0v) is 14.0. The molecule has 0 aliphatic carbocycles. The van der Waals surface area contributed by atoms with Crippen LogP contribution in [0.25, 0.3) is 10.8 Å². The van der Waals surface area contributed by atoms with Gasteiger partial charge < -0.3 is 5.32 Å². The summed E-state index contributed by atoms with van der Waals surface area (Å²) < 4.78 is 1.14. The van der Waals surface area contributed by atoms with Gasteiger partial charge in [-0.25, -0.2) is 0 Å². The normalized spacial score (nSPS) is 12.8. The minimum Gasteiger partial charge on any atom is -0.310 e. The third kappa shape index (κ3) is 4.07. The van der Waals surface area contributed by atoms with Gasteiger partial charge in [-0.15, -0.1) is 0 Å². The molecule has 0 aliphatic heterocycles. The fourth-order valence-electron chi connectivity index (χ4n) is 2.57. The lowest BCUT2D eigenvalue weighted by Gasteiger charge is -2.19. The number of benzene rings is 2. The van der Waals surface area contributed by atoms with E-state index in [0.29, 0.717) is 6.04 Å². The van der Waals surface area contributed by atoms with Gasteiger partial charge in [-0.05, 0) is 53.9 Å². The van der Waals surface area contributed by atoms with Gasteiger partial charge in [0.15, 0.2) is 0 Å². The minimum atomic E-state index is 0.489. The van der Waals surface area contributed by atoms with Crippen LogP contribution in [0.15, 0.2) is 40.9 Å². The van der Waals surface area contributed by atoms with Gasteiger partial charge in [0, 0.05) is 10.5 Å². The second kappa shape index (κ2) is 7.80. The quantitative estimate of drug-likeness (QED) is 0.671. The molecule has 1 atom stereocenters. The summed E-state index contributed by atoms with van der Waals surface area (Å²) in [6.45, 7) is 5.57. The first kappa shape index (κ1) is 15.5. The summed E-state index contributed by atoms with van der Waals surface area (Å²) >= 11 is 3.54. The average molecular weight is 334 g/mol. The van der Waals surface area contributed by atoms with Crippen LogP contribution >= 0.6 is 15.9 Å². The molecule has 1 nitrogen and oxygen atoms in total. The van der Waals surface area contributed by atoms with E-state index in [0.717, 1.165) is 11.0 Å². The van der Waals surface area contributed by atoms with E-state index in [1.54, 1.807) is 0 Å². The zero-order valence-electron chi connectivity index (χ0n) is 12.5. The predicted octanol–water partition coefficient (Wildman–Crippen LogP) is 5.83. The van der Waals surface area contributed by atoms with Crippen LogP contribution in [-0.4, -0.2) is 6.54 Å². The van der Waals surface area contributed by atoms with Crippen LogP contribution in [0.2, 0.25) is 0 Å². The van der Waals surface area contributed by atoms with Crippen LogP contribution in [0.5, 0.6) is 0 Å². The van der Waals surface area contributed by atoms with Crippen molar-refractivity contribution < 1.29 is 0 Å². The number of hydrogen-bond acceptors (Lipinski definition) is 1. The molecule has 0 saturated carbocycles. The van der Waals surface area contributed by atoms with E-state index >= 15 is 0 Å². The summed E-state index contributed by atoms with van der Waals surface area (Å²) in [5.74, 6) is 0. The van der Waals surface area contributed by atoms with Crippen LogP contribution in [0.1, 0.15) is 51.1 Å². The van der Waals surface area contributed by atoms with Gasteiger partial charge in [-0.2, -0.15) is 0 Å². The Morgan fingerprint density at radius 2 is 1.75 bits per heavy atom. The molecular formula is C18H24BrN. The van der Waals surface area contributed by atoms with Gasteiger partial charge in [0.25, 0.3) is 0 Å². The molecule has 0 aromatic heterocycles. The van der Waals surface area contributed by atoms with Crippen molar-refractivity contribution in [2.45, 2.75) is 45.6 Å². The Kier molecular flexibility index (Phi) is 6.06. The summed E-state index contributed by atoms with van der Waals surface area (Å²) in [6, 6.07) is 13.8. The standard InChI is InChI=1S/C18H24BrN/c1-3-5-6-18(20-11-4-2)16-8-7-15-13-17(19)10-9-14(15)12-16/h7-10,12-13,18,20H,3-6,11H2,1-2H3. The van der Waals surface area contributed by atoms with Crippen molar-refractivity contribution >= 4 is 26.7 Å². The van der Waals surface area contributed by atoms with Crippen molar-refractivity contribution in [3.63, 3.8) is 0 Å². The number of fused-ring (bicyclic) bond motifs is 1. The number of unbranched alkanes of at least 4 members (excludes halogenated alkanes) is 1. The topological polar surface area (TPSA) is 12.0 Å². The van der Waals surface area contributed by atoms with Crippen LogP contribution in [-0.2, 0) is 0 Å². The van der Waals surface area contributed by atoms with Gasteiger partial charge in [0.1, 0.15) is 0 Å². The van der Waals surface area contributed by atoms with Crippen LogP contribution in [0.4, 0.5) is 0 Å². The Bertz CT molecular complexity index is 542. The molecule has 0 saturated heterocycles. The molecule has 0 spiro atoms. The second-order valence-corrected chi connectivity index (χ2v) is 6.32. The van der Waals surface area contributed by atoms with E-state index in [2.05, 4.69) is 71.5 Å². The minimum absolute atomic E-state index is 0.489. The molecule has 1 unspecified atom stereocenters. The molecule has 1 N–H and O–H groups in total. The van der Waals surface area contributed by atoms with Gasteiger partial charge in [-0.1, -0.05) is 60.8 Å². The third-order valence-corrected chi connectivity index (χ3v) is 4.21. The summed E-state index contributed by atoms with van der Waals surface area (Å²) in [4.78, 5) is 0. The Morgan fingerprint density at radius 1 is 1.00 bits per heavy atom. The second-order valence-electron chi connectivity index (χ2n) is 5.40. The molecule has 108 valence electrons. The Morgan fingerprint density at radius 3 is 2.50 bits per heavy atom. The first-order valence-electron chi connectivity index (χ1n) is 7.67. The molecule has 2 aromatic rings. The summed E-state index contributed by atoms with van der Waals surface area (Å²) in [7, 11) is 0. The highest BCUT2D eigenvalue weighted by Gasteiger charge is 2.10. The summed E-state index contributed by atoms with van der Waals surface area (Å²) in [5.41, 5.74) is 1.42. The monoisotopic (exact) mass is 333 g/mol. The van der Waals surface area contributed by atoms with Crippen molar-refractivity contribution in [3.8, 4) is 0 Å². The fourth-order valence-corrected chi connectivity index (χ4v) is 2.94. The lowest BCUT2D eigenvalue weighted by Crippen LogP contribution is -2.22. The SMILES string of the molecule is CCCCC(NCCC)c1ccc2cc(Br)ccc2c1. The molecule has 0 heterocycles. The highest BCUT2D eigenvalue weighted by Crippen LogP contribution is 2.26. The van der Waals surface area contributed by atoms with Gasteiger partial charge in [0.2, 0.25) is 0 Å². The van der Waals surface area contributed by atoms with E-state index < -0.39 is 0 Å². The van der Waals surface area contributed by atoms with E-state index in [-0.39, 0.29) is 0 Å². The maximum atomic E-state index is 3.69. The Labute approximate surface area is 130 Å². The molecule has 20 heavy (non-hydrogen) atoms. The maximum Gasteiger partial charge on any atom is 0.0320 e. The largest absolute Gasteiger partial charge is 0.310 e. The first-order valence-corrected chi connectivity index (χ1v) is 8.46. The highest BCUT2D eigenvalue weighted by molar-refractivity contribution is 9.10. The van der Waals surface area contributed by atoms with Gasteiger partial charge >= 0.3 is 0 Å². The lowest BCUT2D eigenvalue weighted by molar-refractivity contribution is 0.482. The van der Waals surface area contributed by atoms with Crippen LogP contribution in [0.3, 0.4) is 0 Å². The summed E-state index contributed by atoms with van der Waals surface area (Å²) in [5, 5.41) is 6.31. The molecule has 2 aromatic carbocycles. The summed E-state index contributed by atoms with van der Waals surface area (Å²) in [6.07, 6.45) is 4.94. The van der Waals surface area contributed by atoms with Crippen LogP contribution in [0, 0.1) is 0 Å². The molecular weight excluding hydrogens is 310 g/mol. The number of nitrogens with one attached hydrogen (secondary N) is 1. The number of rotatable bonds is 7. The smallest absolute Gasteiger partial charge is 0.0320 e. The molecule has 2 heteroatoms. The van der Waals surface area contributed by atoms with E-state index in [1.165, 1.54) is 42.0 Å². The maximum absolute atomic E-state index is 3.69. The van der Waals surface area contributed by atoms with E-state index in [1.807, 2.05) is 0 Å². The Hall–Kier alpha value is -0.860. The third-order valence-electron chi connectivity index (χ3n) is 3.72. The van der Waals surface area contributed by atoms with E-state index in [9.17, 15) is 0 Å². The molecule has 2 rings (SSSR count). The number of hydrogen-bond donors (Lipinski definition) is 1. The predicted molar refractivity (Wildman–Crippen MR) is 92.2 cm³/mol. The first-order chi connectivity index (χ1) is 9.74. The molecule has 0 amide bonds. The van der Waals surface area contributed by atoms with E-state index in [4.69, 9.17) is 0 Å². The highest BCUT2D eigenvalue weighted by atomic mass is 79.9. The van der Waals surface area contributed by atoms with Crippen LogP contribution < -0.4 is 5.32 Å². The lowest BCUT2D eigenvalue weighted by atomic mass is 9.98. The average Bonchev–Trinajstić information content (AvgIpc) is 2.47. The molecule has 0 aliphatic rings. The van der Waals surface area contributed by atoms with Crippen molar-refractivity contribution in [3.05, 3.63) is 46.4 Å². The van der Waals surface area contributed by atoms with Gasteiger partial charge in [0.05, 0.1) is 0 Å². The van der Waals surface area contributed by atoms with Crippen molar-refractivity contribution in [1.82, 2.24) is 5.32 Å². The fraction of sp³-hybridized carbons (Fsp3) is 0.444. The zero-order chi connectivity index (χ0) is 14.4. The molecule has 0 fully saturated rings. The van der Waals surface area contributed by atoms with Crippen molar-refractivity contribution in [2.75, 3.05) is 6.54 Å². The van der Waals surface area contributed by atoms with Crippen molar-refractivity contribution in [2.24, 2.45) is 0 Å². The van der Waals surface area contributed by atoms with Gasteiger partial charge in [-0.3, -0.25) is 0 Å². The number of halogens is 1. The molecule has 0 radical (unpaired) electrons. The molecule has 0 bridgehead atoms. The van der Waals surface area contributed by atoms with Crippen molar-refractivity contribution in [1.29, 1.82) is 0 Å². The Balaban J connectivity index is 2.24.